The standard InChI is InChI=1S/C26H31N3O2S2/c1-5-15-29(16-6-2)33-23-13-7-20(8-14-23)17-19(3)25(30)28-26-27-24(18-32-26)21-9-11-22(31-4)12-10-21/h7-14,17-18H,5-6,15-16H2,1-4H3,(H,27,28,30)/p+2. The Morgan fingerprint density at radius 2 is 1.76 bits per heavy atom. The summed E-state index contributed by atoms with van der Waals surface area (Å²) in [6, 6.07) is 16.2. The van der Waals surface area contributed by atoms with Crippen LogP contribution in [0.4, 0.5) is 5.13 Å². The molecule has 0 spiro atoms. The van der Waals surface area contributed by atoms with Gasteiger partial charge in [-0.2, -0.15) is 5.32 Å². The van der Waals surface area contributed by atoms with Gasteiger partial charge in [0.05, 0.1) is 25.1 Å². The SMILES string of the molecule is CCC[NH+](CCC)Sc1ccc(C=C(C)C(=O)Nc2[nH+]c(-c3ccc(OC)cc3)cs2)cc1. The maximum absolute atomic E-state index is 12.7. The summed E-state index contributed by atoms with van der Waals surface area (Å²) in [5, 5.41) is 5.67. The normalized spacial score (nSPS) is 11.6. The van der Waals surface area contributed by atoms with E-state index in [1.165, 1.54) is 42.2 Å². The number of anilines is 1. The van der Waals surface area contributed by atoms with Gasteiger partial charge in [0.25, 0.3) is 0 Å². The Bertz CT molecular complexity index is 1050. The first-order valence-electron chi connectivity index (χ1n) is 11.3. The highest BCUT2D eigenvalue weighted by molar-refractivity contribution is 7.93. The number of carbonyl (C=O) groups is 1. The van der Waals surface area contributed by atoms with Crippen LogP contribution in [0.15, 0.2) is 64.4 Å². The minimum atomic E-state index is -0.116. The molecular weight excluding hydrogens is 450 g/mol. The van der Waals surface area contributed by atoms with E-state index in [1.807, 2.05) is 54.6 Å². The van der Waals surface area contributed by atoms with E-state index in [-0.39, 0.29) is 5.91 Å². The van der Waals surface area contributed by atoms with Gasteiger partial charge in [-0.3, -0.25) is 4.31 Å². The molecule has 5 nitrogen and oxygen atoms in total. The summed E-state index contributed by atoms with van der Waals surface area (Å²) in [6.45, 7) is 8.63. The number of rotatable bonds is 11. The molecule has 0 radical (unpaired) electrons. The van der Waals surface area contributed by atoms with Crippen LogP contribution >= 0.6 is 23.3 Å². The predicted octanol–water partition coefficient (Wildman–Crippen LogP) is 4.99. The number of quaternary nitrogens is 1. The van der Waals surface area contributed by atoms with Gasteiger partial charge in [0.15, 0.2) is 0 Å². The van der Waals surface area contributed by atoms with Crippen LogP contribution in [0.5, 0.6) is 5.75 Å². The molecule has 7 heteroatoms. The number of thiazole rings is 1. The minimum absolute atomic E-state index is 0.116. The van der Waals surface area contributed by atoms with Gasteiger partial charge < -0.3 is 4.74 Å². The number of hydrogen-bond acceptors (Lipinski definition) is 4. The third kappa shape index (κ3) is 7.45. The highest BCUT2D eigenvalue weighted by Crippen LogP contribution is 2.23. The summed E-state index contributed by atoms with van der Waals surface area (Å²) < 4.78 is 6.75. The Morgan fingerprint density at radius 1 is 1.09 bits per heavy atom. The largest absolute Gasteiger partial charge is 0.497 e. The van der Waals surface area contributed by atoms with Crippen molar-refractivity contribution >= 4 is 40.4 Å². The van der Waals surface area contributed by atoms with E-state index in [0.717, 1.165) is 22.6 Å². The third-order valence-corrected chi connectivity index (χ3v) is 7.11. The number of methoxy groups -OCH3 is 1. The zero-order chi connectivity index (χ0) is 23.6. The van der Waals surface area contributed by atoms with Gasteiger partial charge in [-0.1, -0.05) is 37.3 Å². The molecule has 0 bridgehead atoms. The fourth-order valence-electron chi connectivity index (χ4n) is 3.37. The van der Waals surface area contributed by atoms with Crippen molar-refractivity contribution in [3.63, 3.8) is 0 Å². The zero-order valence-electron chi connectivity index (χ0n) is 19.7. The maximum Gasteiger partial charge on any atom is 0.339 e. The van der Waals surface area contributed by atoms with Crippen molar-refractivity contribution in [1.29, 1.82) is 0 Å². The van der Waals surface area contributed by atoms with Crippen molar-refractivity contribution in [3.05, 3.63) is 65.0 Å². The number of aromatic nitrogens is 1. The number of ether oxygens (including phenoxy) is 1. The van der Waals surface area contributed by atoms with E-state index in [2.05, 4.69) is 48.4 Å². The number of H-pyrrole nitrogens is 1. The zero-order valence-corrected chi connectivity index (χ0v) is 21.4. The van der Waals surface area contributed by atoms with Gasteiger partial charge in [-0.25, -0.2) is 9.78 Å². The topological polar surface area (TPSA) is 56.9 Å². The molecule has 1 aromatic heterocycles. The predicted molar refractivity (Wildman–Crippen MR) is 139 cm³/mol. The van der Waals surface area contributed by atoms with Gasteiger partial charge in [-0.05, 0) is 67.8 Å². The smallest absolute Gasteiger partial charge is 0.339 e. The van der Waals surface area contributed by atoms with Crippen molar-refractivity contribution < 1.29 is 18.8 Å². The number of nitrogens with one attached hydrogen (secondary N) is 3. The van der Waals surface area contributed by atoms with Gasteiger partial charge in [0.1, 0.15) is 23.4 Å². The first-order chi connectivity index (χ1) is 16.0. The average molecular weight is 484 g/mol. The van der Waals surface area contributed by atoms with Crippen LogP contribution in [0.3, 0.4) is 0 Å². The monoisotopic (exact) mass is 483 g/mol. The van der Waals surface area contributed by atoms with Crippen LogP contribution in [-0.4, -0.2) is 26.1 Å². The van der Waals surface area contributed by atoms with Crippen LogP contribution in [0.1, 0.15) is 39.2 Å². The summed E-state index contributed by atoms with van der Waals surface area (Å²) in [4.78, 5) is 17.2. The fourth-order valence-corrected chi connectivity index (χ4v) is 5.34. The molecule has 3 aromatic rings. The number of amides is 1. The van der Waals surface area contributed by atoms with Crippen LogP contribution in [0.2, 0.25) is 0 Å². The Hall–Kier alpha value is -2.61. The fraction of sp³-hybridized carbons (Fsp3) is 0.308. The lowest BCUT2D eigenvalue weighted by Gasteiger charge is -2.15. The Balaban J connectivity index is 1.60. The molecule has 174 valence electrons. The lowest BCUT2D eigenvalue weighted by atomic mass is 10.1. The van der Waals surface area contributed by atoms with Crippen LogP contribution in [0, 0.1) is 0 Å². The van der Waals surface area contributed by atoms with E-state index in [1.54, 1.807) is 11.4 Å². The van der Waals surface area contributed by atoms with E-state index < -0.39 is 0 Å². The molecule has 0 unspecified atom stereocenters. The molecule has 0 aliphatic carbocycles. The highest BCUT2D eigenvalue weighted by atomic mass is 32.2. The van der Waals surface area contributed by atoms with E-state index in [0.29, 0.717) is 10.7 Å². The quantitative estimate of drug-likeness (QED) is 0.298. The van der Waals surface area contributed by atoms with Crippen molar-refractivity contribution in [2.75, 3.05) is 25.5 Å². The van der Waals surface area contributed by atoms with Crippen molar-refractivity contribution in [2.45, 2.75) is 38.5 Å². The second-order valence-electron chi connectivity index (χ2n) is 7.82. The molecule has 33 heavy (non-hydrogen) atoms. The molecular formula is C26H33N3O2S2+2. The van der Waals surface area contributed by atoms with Gasteiger partial charge in [0, 0.05) is 16.5 Å². The first kappa shape index (κ1) is 25.0. The minimum Gasteiger partial charge on any atom is -0.497 e. The molecule has 1 amide bonds. The second kappa shape index (κ2) is 12.6. The Morgan fingerprint density at radius 3 is 2.36 bits per heavy atom. The van der Waals surface area contributed by atoms with E-state index in [4.69, 9.17) is 4.74 Å². The van der Waals surface area contributed by atoms with Gasteiger partial charge in [0.2, 0.25) is 0 Å². The lowest BCUT2D eigenvalue weighted by molar-refractivity contribution is -0.755. The third-order valence-electron chi connectivity index (χ3n) is 5.11. The lowest BCUT2D eigenvalue weighted by Crippen LogP contribution is -3.05. The molecule has 0 saturated heterocycles. The number of carbonyl (C=O) groups excluding carboxylic acids is 1. The summed E-state index contributed by atoms with van der Waals surface area (Å²) in [7, 11) is 1.65. The summed E-state index contributed by atoms with van der Waals surface area (Å²) >= 11 is 3.35. The summed E-state index contributed by atoms with van der Waals surface area (Å²) in [6.07, 6.45) is 4.28. The van der Waals surface area contributed by atoms with Crippen LogP contribution in [0.25, 0.3) is 17.3 Å². The molecule has 0 fully saturated rings. The Labute approximate surface area is 205 Å². The van der Waals surface area contributed by atoms with E-state index >= 15 is 0 Å². The van der Waals surface area contributed by atoms with Crippen LogP contribution in [-0.2, 0) is 4.79 Å². The molecule has 2 aromatic carbocycles. The number of benzene rings is 2. The number of aromatic amines is 1. The van der Waals surface area contributed by atoms with Crippen molar-refractivity contribution in [3.8, 4) is 17.0 Å². The van der Waals surface area contributed by atoms with Crippen LogP contribution < -0.4 is 19.3 Å². The summed E-state index contributed by atoms with van der Waals surface area (Å²) in [5.41, 5.74) is 3.67. The Kier molecular flexibility index (Phi) is 9.54. The van der Waals surface area contributed by atoms with Crippen molar-refractivity contribution in [1.82, 2.24) is 0 Å². The second-order valence-corrected chi connectivity index (χ2v) is 9.96. The molecule has 3 N–H and O–H groups in total. The molecule has 0 saturated carbocycles. The summed E-state index contributed by atoms with van der Waals surface area (Å²) in [5.74, 6) is 0.699. The maximum atomic E-state index is 12.7. The molecule has 0 aliphatic heterocycles. The van der Waals surface area contributed by atoms with Gasteiger partial charge >= 0.3 is 11.0 Å². The molecule has 3 rings (SSSR count). The van der Waals surface area contributed by atoms with Crippen molar-refractivity contribution in [2.24, 2.45) is 0 Å². The molecule has 1 heterocycles. The molecule has 0 atom stereocenters. The van der Waals surface area contributed by atoms with E-state index in [9.17, 15) is 4.79 Å². The first-order valence-corrected chi connectivity index (χ1v) is 13.0. The highest BCUT2D eigenvalue weighted by Gasteiger charge is 2.16. The number of hydrogen-bond donors (Lipinski definition) is 2. The average Bonchev–Trinajstić information content (AvgIpc) is 3.29. The van der Waals surface area contributed by atoms with Gasteiger partial charge in [-0.15, -0.1) is 0 Å². The molecule has 0 aliphatic rings.